The summed E-state index contributed by atoms with van der Waals surface area (Å²) in [5.74, 6) is 0.204. The van der Waals surface area contributed by atoms with Crippen LogP contribution in [0.25, 0.3) is 0 Å². The molecule has 0 bridgehead atoms. The number of hydrogen-bond donors (Lipinski definition) is 1. The predicted octanol–water partition coefficient (Wildman–Crippen LogP) is 0.581. The molecule has 3 atom stereocenters. The van der Waals surface area contributed by atoms with Crippen molar-refractivity contribution in [3.05, 3.63) is 0 Å². The van der Waals surface area contributed by atoms with Crippen molar-refractivity contribution in [2.75, 3.05) is 5.75 Å². The summed E-state index contributed by atoms with van der Waals surface area (Å²) >= 11 is 0. The molecule has 4 heteroatoms. The lowest BCUT2D eigenvalue weighted by molar-refractivity contribution is 0.105. The molecule has 0 saturated carbocycles. The van der Waals surface area contributed by atoms with E-state index in [0.717, 1.165) is 0 Å². The third-order valence-electron chi connectivity index (χ3n) is 2.82. The molecule has 0 aliphatic carbocycles. The second-order valence-corrected chi connectivity index (χ2v) is 5.98. The highest BCUT2D eigenvalue weighted by molar-refractivity contribution is 7.92. The number of rotatable bonds is 2. The molecule has 1 rings (SSSR count). The van der Waals surface area contributed by atoms with E-state index >= 15 is 0 Å². The molecule has 1 fully saturated rings. The van der Waals surface area contributed by atoms with Crippen LogP contribution in [0, 0.1) is 5.92 Å². The van der Waals surface area contributed by atoms with E-state index in [9.17, 15) is 13.5 Å². The molecule has 1 aliphatic rings. The molecule has 3 unspecified atom stereocenters. The van der Waals surface area contributed by atoms with E-state index in [0.29, 0.717) is 12.8 Å². The third-order valence-corrected chi connectivity index (χ3v) is 5.10. The molecule has 3 nitrogen and oxygen atoms in total. The molecule has 0 aromatic carbocycles. The maximum absolute atomic E-state index is 11.3. The minimum Gasteiger partial charge on any atom is -0.393 e. The minimum absolute atomic E-state index is 0.0417. The first kappa shape index (κ1) is 9.99. The van der Waals surface area contributed by atoms with Crippen LogP contribution >= 0.6 is 0 Å². The van der Waals surface area contributed by atoms with Crippen LogP contribution in [0.15, 0.2) is 0 Å². The van der Waals surface area contributed by atoms with Crippen LogP contribution in [0.4, 0.5) is 0 Å². The molecule has 1 heterocycles. The maximum atomic E-state index is 11.3. The second-order valence-electron chi connectivity index (χ2n) is 3.50. The number of aliphatic hydroxyl groups is 1. The molecule has 0 radical (unpaired) electrons. The van der Waals surface area contributed by atoms with Crippen molar-refractivity contribution in [2.45, 2.75) is 38.0 Å². The Hall–Kier alpha value is -0.0900. The van der Waals surface area contributed by atoms with Gasteiger partial charge in [-0.2, -0.15) is 0 Å². The van der Waals surface area contributed by atoms with E-state index in [-0.39, 0.29) is 16.9 Å². The molecule has 1 N–H and O–H groups in total. The summed E-state index contributed by atoms with van der Waals surface area (Å²) in [7, 11) is -2.89. The summed E-state index contributed by atoms with van der Waals surface area (Å²) in [6.07, 6.45) is 0.820. The van der Waals surface area contributed by atoms with E-state index < -0.39 is 15.9 Å². The molecule has 1 aliphatic heterocycles. The summed E-state index contributed by atoms with van der Waals surface area (Å²) in [5.41, 5.74) is 0. The standard InChI is InChI=1S/C8H16O3S/c1-3-8(9)7-4-5-12(10,11)6(7)2/h6-9H,3-5H2,1-2H3. The first-order chi connectivity index (χ1) is 5.49. The third kappa shape index (κ3) is 1.64. The topological polar surface area (TPSA) is 54.4 Å². The average molecular weight is 192 g/mol. The molecule has 0 spiro atoms. The summed E-state index contributed by atoms with van der Waals surface area (Å²) in [5, 5.41) is 9.14. The van der Waals surface area contributed by atoms with Gasteiger partial charge in [-0.15, -0.1) is 0 Å². The number of sulfone groups is 1. The van der Waals surface area contributed by atoms with Crippen molar-refractivity contribution in [2.24, 2.45) is 5.92 Å². The van der Waals surface area contributed by atoms with Crippen molar-refractivity contribution in [1.82, 2.24) is 0 Å². The van der Waals surface area contributed by atoms with E-state index in [1.165, 1.54) is 0 Å². The molecule has 0 aromatic heterocycles. The predicted molar refractivity (Wildman–Crippen MR) is 47.7 cm³/mol. The van der Waals surface area contributed by atoms with Crippen LogP contribution in [-0.2, 0) is 9.84 Å². The van der Waals surface area contributed by atoms with E-state index in [2.05, 4.69) is 0 Å². The summed E-state index contributed by atoms with van der Waals surface area (Å²) in [6, 6.07) is 0. The zero-order valence-electron chi connectivity index (χ0n) is 7.53. The Labute approximate surface area is 73.7 Å². The van der Waals surface area contributed by atoms with Gasteiger partial charge in [0.05, 0.1) is 17.1 Å². The van der Waals surface area contributed by atoms with Gasteiger partial charge in [0.2, 0.25) is 0 Å². The number of aliphatic hydroxyl groups excluding tert-OH is 1. The van der Waals surface area contributed by atoms with Gasteiger partial charge in [-0.05, 0) is 19.8 Å². The Balaban J connectivity index is 2.74. The van der Waals surface area contributed by atoms with Crippen LogP contribution in [0.1, 0.15) is 26.7 Å². The highest BCUT2D eigenvalue weighted by Gasteiger charge is 2.39. The first-order valence-corrected chi connectivity index (χ1v) is 6.10. The summed E-state index contributed by atoms with van der Waals surface area (Å²) < 4.78 is 22.6. The monoisotopic (exact) mass is 192 g/mol. The first-order valence-electron chi connectivity index (χ1n) is 4.38. The van der Waals surface area contributed by atoms with E-state index in [4.69, 9.17) is 0 Å². The van der Waals surface area contributed by atoms with Crippen molar-refractivity contribution < 1.29 is 13.5 Å². The fourth-order valence-electron chi connectivity index (χ4n) is 1.80. The Kier molecular flexibility index (Phi) is 2.78. The fraction of sp³-hybridized carbons (Fsp3) is 1.00. The SMILES string of the molecule is CCC(O)C1CCS(=O)(=O)C1C. The highest BCUT2D eigenvalue weighted by Crippen LogP contribution is 2.30. The van der Waals surface area contributed by atoms with Gasteiger partial charge in [-0.1, -0.05) is 6.92 Å². The van der Waals surface area contributed by atoms with E-state index in [1.807, 2.05) is 6.92 Å². The Morgan fingerprint density at radius 3 is 2.50 bits per heavy atom. The molecular weight excluding hydrogens is 176 g/mol. The van der Waals surface area contributed by atoms with Gasteiger partial charge in [-0.3, -0.25) is 0 Å². The summed E-state index contributed by atoms with van der Waals surface area (Å²) in [4.78, 5) is 0. The van der Waals surface area contributed by atoms with Crippen LogP contribution in [-0.4, -0.2) is 30.6 Å². The fourth-order valence-corrected chi connectivity index (χ4v) is 3.62. The normalized spacial score (nSPS) is 36.6. The quantitative estimate of drug-likeness (QED) is 0.696. The molecular formula is C8H16O3S. The van der Waals surface area contributed by atoms with Gasteiger partial charge >= 0.3 is 0 Å². The molecule has 12 heavy (non-hydrogen) atoms. The van der Waals surface area contributed by atoms with Gasteiger partial charge < -0.3 is 5.11 Å². The van der Waals surface area contributed by atoms with Crippen molar-refractivity contribution in [3.63, 3.8) is 0 Å². The molecule has 1 saturated heterocycles. The second kappa shape index (κ2) is 3.34. The van der Waals surface area contributed by atoms with Crippen molar-refractivity contribution >= 4 is 9.84 Å². The maximum Gasteiger partial charge on any atom is 0.153 e. The molecule has 0 amide bonds. The Morgan fingerprint density at radius 2 is 2.17 bits per heavy atom. The van der Waals surface area contributed by atoms with Crippen LogP contribution in [0.3, 0.4) is 0 Å². The van der Waals surface area contributed by atoms with Crippen molar-refractivity contribution in [1.29, 1.82) is 0 Å². The number of hydrogen-bond acceptors (Lipinski definition) is 3. The molecule has 72 valence electrons. The average Bonchev–Trinajstić information content (AvgIpc) is 2.27. The van der Waals surface area contributed by atoms with Gasteiger partial charge in [0.15, 0.2) is 9.84 Å². The zero-order chi connectivity index (χ0) is 9.35. The molecule has 0 aromatic rings. The summed E-state index contributed by atoms with van der Waals surface area (Å²) in [6.45, 7) is 3.58. The lowest BCUT2D eigenvalue weighted by atomic mass is 9.95. The Bertz CT molecular complexity index is 245. The zero-order valence-corrected chi connectivity index (χ0v) is 8.34. The minimum atomic E-state index is -2.89. The lowest BCUT2D eigenvalue weighted by Crippen LogP contribution is -2.28. The smallest absolute Gasteiger partial charge is 0.153 e. The van der Waals surface area contributed by atoms with Crippen molar-refractivity contribution in [3.8, 4) is 0 Å². The lowest BCUT2D eigenvalue weighted by Gasteiger charge is -2.19. The largest absolute Gasteiger partial charge is 0.393 e. The van der Waals surface area contributed by atoms with Crippen LogP contribution in [0.2, 0.25) is 0 Å². The van der Waals surface area contributed by atoms with Gasteiger partial charge in [0, 0.05) is 5.92 Å². The highest BCUT2D eigenvalue weighted by atomic mass is 32.2. The Morgan fingerprint density at radius 1 is 1.58 bits per heavy atom. The van der Waals surface area contributed by atoms with Crippen LogP contribution in [0.5, 0.6) is 0 Å². The van der Waals surface area contributed by atoms with Gasteiger partial charge in [-0.25, -0.2) is 8.42 Å². The van der Waals surface area contributed by atoms with E-state index in [1.54, 1.807) is 6.92 Å². The van der Waals surface area contributed by atoms with Crippen LogP contribution < -0.4 is 0 Å². The van der Waals surface area contributed by atoms with Gasteiger partial charge in [0.25, 0.3) is 0 Å². The van der Waals surface area contributed by atoms with Gasteiger partial charge in [0.1, 0.15) is 0 Å².